The fourth-order valence-electron chi connectivity index (χ4n) is 1.99. The quantitative estimate of drug-likeness (QED) is 0.710. The number of allylic oxidation sites excluding steroid dienone is 1. The molecule has 0 radical (unpaired) electrons. The Morgan fingerprint density at radius 2 is 1.81 bits per heavy atom. The number of alkyl halides is 3. The molecule has 1 aliphatic heterocycles. The number of hydrogen-bond donors (Lipinski definition) is 1. The highest BCUT2D eigenvalue weighted by atomic mass is 19.4. The van der Waals surface area contributed by atoms with Gasteiger partial charge in [-0.3, -0.25) is 0 Å². The predicted octanol–water partition coefficient (Wildman–Crippen LogP) is 3.84. The summed E-state index contributed by atoms with van der Waals surface area (Å²) in [4.78, 5) is 0. The standard InChI is InChI=1S/C12H12F3N/c1-11(2)9(7-12(13,14)15)8-5-3-4-6-10(8)16-11/h3-7,16H,1-2H3. The molecule has 86 valence electrons. The molecule has 1 heterocycles. The highest BCUT2D eigenvalue weighted by molar-refractivity contribution is 5.89. The van der Waals surface area contributed by atoms with Crippen LogP contribution in [0.4, 0.5) is 18.9 Å². The molecular weight excluding hydrogens is 215 g/mol. The Labute approximate surface area is 92.0 Å². The summed E-state index contributed by atoms with van der Waals surface area (Å²) < 4.78 is 37.3. The number of halogens is 3. The van der Waals surface area contributed by atoms with Crippen molar-refractivity contribution in [3.05, 3.63) is 35.9 Å². The molecule has 1 aromatic carbocycles. The minimum atomic E-state index is -4.29. The smallest absolute Gasteiger partial charge is 0.376 e. The second-order valence-corrected chi connectivity index (χ2v) is 4.40. The molecule has 16 heavy (non-hydrogen) atoms. The second-order valence-electron chi connectivity index (χ2n) is 4.40. The first kappa shape index (κ1) is 11.0. The van der Waals surface area contributed by atoms with Crippen molar-refractivity contribution >= 4 is 11.3 Å². The fraction of sp³-hybridized carbons (Fsp3) is 0.333. The van der Waals surface area contributed by atoms with Crippen molar-refractivity contribution in [2.24, 2.45) is 0 Å². The third-order valence-electron chi connectivity index (χ3n) is 2.65. The lowest BCUT2D eigenvalue weighted by Crippen LogP contribution is -2.27. The summed E-state index contributed by atoms with van der Waals surface area (Å²) in [5.41, 5.74) is 0.988. The summed E-state index contributed by atoms with van der Waals surface area (Å²) in [6, 6.07) is 7.04. The van der Waals surface area contributed by atoms with E-state index in [1.54, 1.807) is 38.1 Å². The number of benzene rings is 1. The van der Waals surface area contributed by atoms with Crippen LogP contribution in [0.15, 0.2) is 30.3 Å². The van der Waals surface area contributed by atoms with E-state index in [2.05, 4.69) is 5.32 Å². The molecule has 1 N–H and O–H groups in total. The molecule has 0 aliphatic carbocycles. The van der Waals surface area contributed by atoms with Gasteiger partial charge in [-0.1, -0.05) is 18.2 Å². The van der Waals surface area contributed by atoms with Gasteiger partial charge < -0.3 is 5.32 Å². The van der Waals surface area contributed by atoms with Crippen LogP contribution >= 0.6 is 0 Å². The molecule has 0 amide bonds. The minimum Gasteiger partial charge on any atom is -0.376 e. The summed E-state index contributed by atoms with van der Waals surface area (Å²) in [5, 5.41) is 3.08. The first-order chi connectivity index (χ1) is 7.30. The Balaban J connectivity index is 2.56. The lowest BCUT2D eigenvalue weighted by atomic mass is 9.92. The molecule has 0 spiro atoms. The maximum Gasteiger partial charge on any atom is 0.410 e. The van der Waals surface area contributed by atoms with Crippen LogP contribution in [0.3, 0.4) is 0 Å². The van der Waals surface area contributed by atoms with Crippen molar-refractivity contribution in [1.29, 1.82) is 0 Å². The van der Waals surface area contributed by atoms with Crippen LogP contribution in [-0.4, -0.2) is 11.7 Å². The molecule has 0 aromatic heterocycles. The van der Waals surface area contributed by atoms with E-state index < -0.39 is 11.7 Å². The monoisotopic (exact) mass is 227 g/mol. The van der Waals surface area contributed by atoms with Gasteiger partial charge in [-0.2, -0.15) is 13.2 Å². The number of nitrogens with one attached hydrogen (secondary N) is 1. The predicted molar refractivity (Wildman–Crippen MR) is 58.2 cm³/mol. The van der Waals surface area contributed by atoms with Gasteiger partial charge in [0.25, 0.3) is 0 Å². The number of hydrogen-bond acceptors (Lipinski definition) is 1. The fourth-order valence-corrected chi connectivity index (χ4v) is 1.99. The highest BCUT2D eigenvalue weighted by Gasteiger charge is 2.37. The van der Waals surface area contributed by atoms with Gasteiger partial charge in [-0.25, -0.2) is 0 Å². The van der Waals surface area contributed by atoms with Crippen LogP contribution in [-0.2, 0) is 0 Å². The van der Waals surface area contributed by atoms with Gasteiger partial charge >= 0.3 is 6.18 Å². The van der Waals surface area contributed by atoms with Crippen LogP contribution in [0, 0.1) is 0 Å². The Kier molecular flexibility index (Phi) is 2.26. The average Bonchev–Trinajstić information content (AvgIpc) is 2.36. The minimum absolute atomic E-state index is 0.288. The maximum absolute atomic E-state index is 12.4. The number of rotatable bonds is 0. The van der Waals surface area contributed by atoms with E-state index in [0.29, 0.717) is 11.6 Å². The lowest BCUT2D eigenvalue weighted by molar-refractivity contribution is -0.0795. The van der Waals surface area contributed by atoms with Gasteiger partial charge in [-0.15, -0.1) is 0 Å². The van der Waals surface area contributed by atoms with Crippen molar-refractivity contribution < 1.29 is 13.2 Å². The molecule has 0 fully saturated rings. The van der Waals surface area contributed by atoms with Gasteiger partial charge in [-0.05, 0) is 25.5 Å². The van der Waals surface area contributed by atoms with Crippen LogP contribution in [0.5, 0.6) is 0 Å². The van der Waals surface area contributed by atoms with E-state index in [1.165, 1.54) is 0 Å². The molecule has 0 unspecified atom stereocenters. The van der Waals surface area contributed by atoms with Crippen molar-refractivity contribution in [3.8, 4) is 0 Å². The molecule has 1 nitrogen and oxygen atoms in total. The van der Waals surface area contributed by atoms with E-state index in [-0.39, 0.29) is 5.57 Å². The van der Waals surface area contributed by atoms with Crippen molar-refractivity contribution in [2.75, 3.05) is 5.32 Å². The maximum atomic E-state index is 12.4. The Morgan fingerprint density at radius 3 is 2.44 bits per heavy atom. The molecule has 1 aliphatic rings. The van der Waals surface area contributed by atoms with Crippen LogP contribution in [0.2, 0.25) is 0 Å². The first-order valence-electron chi connectivity index (χ1n) is 4.97. The van der Waals surface area contributed by atoms with Gasteiger partial charge in [0.15, 0.2) is 0 Å². The van der Waals surface area contributed by atoms with Crippen LogP contribution in [0.25, 0.3) is 5.57 Å². The van der Waals surface area contributed by atoms with E-state index in [0.717, 1.165) is 5.69 Å². The molecule has 0 bridgehead atoms. The van der Waals surface area contributed by atoms with Crippen molar-refractivity contribution in [2.45, 2.75) is 25.6 Å². The average molecular weight is 227 g/mol. The molecule has 0 saturated carbocycles. The number of anilines is 1. The van der Waals surface area contributed by atoms with Gasteiger partial charge in [0.1, 0.15) is 0 Å². The lowest BCUT2D eigenvalue weighted by Gasteiger charge is -2.22. The highest BCUT2D eigenvalue weighted by Crippen LogP contribution is 2.43. The molecule has 4 heteroatoms. The van der Waals surface area contributed by atoms with E-state index >= 15 is 0 Å². The molecule has 0 atom stereocenters. The zero-order valence-corrected chi connectivity index (χ0v) is 9.02. The first-order valence-corrected chi connectivity index (χ1v) is 4.97. The van der Waals surface area contributed by atoms with Gasteiger partial charge in [0, 0.05) is 17.3 Å². The third-order valence-corrected chi connectivity index (χ3v) is 2.65. The summed E-state index contributed by atoms with van der Waals surface area (Å²) in [7, 11) is 0. The van der Waals surface area contributed by atoms with Crippen LogP contribution in [0.1, 0.15) is 19.4 Å². The second kappa shape index (κ2) is 3.27. The zero-order chi connectivity index (χ0) is 12.0. The number of para-hydroxylation sites is 1. The molecular formula is C12H12F3N. The van der Waals surface area contributed by atoms with Crippen molar-refractivity contribution in [3.63, 3.8) is 0 Å². The van der Waals surface area contributed by atoms with Gasteiger partial charge in [0.05, 0.1) is 5.54 Å². The third kappa shape index (κ3) is 1.92. The van der Waals surface area contributed by atoms with Crippen LogP contribution < -0.4 is 5.32 Å². The largest absolute Gasteiger partial charge is 0.410 e. The Morgan fingerprint density at radius 1 is 1.19 bits per heavy atom. The van der Waals surface area contributed by atoms with Gasteiger partial charge in [0.2, 0.25) is 0 Å². The summed E-state index contributed by atoms with van der Waals surface area (Å²) in [6.45, 7) is 3.48. The topological polar surface area (TPSA) is 12.0 Å². The summed E-state index contributed by atoms with van der Waals surface area (Å²) >= 11 is 0. The summed E-state index contributed by atoms with van der Waals surface area (Å²) in [6.07, 6.45) is -3.91. The Bertz CT molecular complexity index is 444. The SMILES string of the molecule is CC1(C)Nc2ccccc2C1=CC(F)(F)F. The normalized spacial score (nSPS) is 20.7. The molecule has 0 saturated heterocycles. The summed E-state index contributed by atoms with van der Waals surface area (Å²) in [5.74, 6) is 0. The zero-order valence-electron chi connectivity index (χ0n) is 9.02. The van der Waals surface area contributed by atoms with Crippen molar-refractivity contribution in [1.82, 2.24) is 0 Å². The molecule has 2 rings (SSSR count). The Hall–Kier alpha value is -1.45. The molecule has 1 aromatic rings. The number of fused-ring (bicyclic) bond motifs is 1. The van der Waals surface area contributed by atoms with E-state index in [1.807, 2.05) is 0 Å². The van der Waals surface area contributed by atoms with E-state index in [4.69, 9.17) is 0 Å². The van der Waals surface area contributed by atoms with E-state index in [9.17, 15) is 13.2 Å².